The van der Waals surface area contributed by atoms with Crippen LogP contribution in [0.4, 0.5) is 11.4 Å². The van der Waals surface area contributed by atoms with E-state index in [0.717, 1.165) is 11.3 Å². The third-order valence-electron chi connectivity index (χ3n) is 2.82. The van der Waals surface area contributed by atoms with Crippen LogP contribution < -0.4 is 10.6 Å². The summed E-state index contributed by atoms with van der Waals surface area (Å²) in [4.78, 5) is 13.8. The van der Waals surface area contributed by atoms with Crippen LogP contribution in [0.5, 0.6) is 0 Å². The molecule has 92 valence electrons. The number of rotatable bonds is 3. The van der Waals surface area contributed by atoms with Gasteiger partial charge in [-0.3, -0.25) is 4.79 Å². The average molecular weight is 240 g/mol. The number of benzene rings is 2. The molecule has 0 radical (unpaired) electrons. The van der Waals surface area contributed by atoms with Gasteiger partial charge in [0.15, 0.2) is 0 Å². The summed E-state index contributed by atoms with van der Waals surface area (Å²) < 4.78 is 0. The number of amides is 1. The van der Waals surface area contributed by atoms with Gasteiger partial charge in [-0.05, 0) is 29.8 Å². The molecule has 1 amide bonds. The quantitative estimate of drug-likeness (QED) is 0.838. The number of nitrogen functional groups attached to an aromatic ring is 1. The van der Waals surface area contributed by atoms with Gasteiger partial charge in [0.2, 0.25) is 5.91 Å². The van der Waals surface area contributed by atoms with Crippen LogP contribution in [0.25, 0.3) is 0 Å². The van der Waals surface area contributed by atoms with Crippen LogP contribution in [-0.4, -0.2) is 13.0 Å². The highest BCUT2D eigenvalue weighted by Gasteiger charge is 2.11. The van der Waals surface area contributed by atoms with Crippen molar-refractivity contribution in [3.63, 3.8) is 0 Å². The monoisotopic (exact) mass is 240 g/mol. The van der Waals surface area contributed by atoms with Crippen LogP contribution in [-0.2, 0) is 11.2 Å². The van der Waals surface area contributed by atoms with Crippen molar-refractivity contribution in [2.75, 3.05) is 17.7 Å². The largest absolute Gasteiger partial charge is 0.399 e. The third-order valence-corrected chi connectivity index (χ3v) is 2.82. The number of likely N-dealkylation sites (N-methyl/N-ethyl adjacent to an activating group) is 1. The number of hydrogen-bond acceptors (Lipinski definition) is 2. The van der Waals surface area contributed by atoms with Gasteiger partial charge in [0.1, 0.15) is 0 Å². The predicted octanol–water partition coefficient (Wildman–Crippen LogP) is 2.47. The second-order valence-electron chi connectivity index (χ2n) is 4.21. The van der Waals surface area contributed by atoms with E-state index in [1.165, 1.54) is 0 Å². The number of para-hydroxylation sites is 1. The summed E-state index contributed by atoms with van der Waals surface area (Å²) in [5.74, 6) is 0.0480. The van der Waals surface area contributed by atoms with E-state index in [1.54, 1.807) is 11.9 Å². The predicted molar refractivity (Wildman–Crippen MR) is 74.4 cm³/mol. The number of carbonyl (C=O) groups is 1. The van der Waals surface area contributed by atoms with Gasteiger partial charge in [-0.2, -0.15) is 0 Å². The number of hydrogen-bond donors (Lipinski definition) is 1. The molecule has 0 bridgehead atoms. The number of anilines is 2. The van der Waals surface area contributed by atoms with Crippen molar-refractivity contribution in [2.24, 2.45) is 0 Å². The first kappa shape index (κ1) is 12.2. The maximum Gasteiger partial charge on any atom is 0.231 e. The Morgan fingerprint density at radius 3 is 2.50 bits per heavy atom. The summed E-state index contributed by atoms with van der Waals surface area (Å²) in [6.07, 6.45) is 0.358. The van der Waals surface area contributed by atoms with Gasteiger partial charge >= 0.3 is 0 Å². The molecule has 18 heavy (non-hydrogen) atoms. The first-order valence-corrected chi connectivity index (χ1v) is 5.83. The number of carbonyl (C=O) groups excluding carboxylic acids is 1. The Labute approximate surface area is 107 Å². The van der Waals surface area contributed by atoms with Crippen molar-refractivity contribution in [1.29, 1.82) is 0 Å². The van der Waals surface area contributed by atoms with Crippen LogP contribution in [0, 0.1) is 0 Å². The lowest BCUT2D eigenvalue weighted by atomic mass is 10.1. The third kappa shape index (κ3) is 2.88. The van der Waals surface area contributed by atoms with Crippen molar-refractivity contribution < 1.29 is 4.79 Å². The fraction of sp³-hybridized carbons (Fsp3) is 0.133. The lowest BCUT2D eigenvalue weighted by Crippen LogP contribution is -2.27. The first-order valence-electron chi connectivity index (χ1n) is 5.83. The molecule has 0 saturated heterocycles. The van der Waals surface area contributed by atoms with Gasteiger partial charge < -0.3 is 10.6 Å². The Morgan fingerprint density at radius 1 is 1.11 bits per heavy atom. The highest BCUT2D eigenvalue weighted by Crippen LogP contribution is 2.14. The van der Waals surface area contributed by atoms with Crippen molar-refractivity contribution in [3.05, 3.63) is 60.2 Å². The summed E-state index contributed by atoms with van der Waals surface area (Å²) >= 11 is 0. The van der Waals surface area contributed by atoms with Gasteiger partial charge in [-0.1, -0.05) is 30.3 Å². The molecule has 0 aliphatic carbocycles. The van der Waals surface area contributed by atoms with E-state index in [1.807, 2.05) is 54.6 Å². The van der Waals surface area contributed by atoms with Crippen molar-refractivity contribution in [1.82, 2.24) is 0 Å². The van der Waals surface area contributed by atoms with Crippen LogP contribution >= 0.6 is 0 Å². The number of nitrogens with two attached hydrogens (primary N) is 1. The van der Waals surface area contributed by atoms with Crippen LogP contribution in [0.2, 0.25) is 0 Å². The van der Waals surface area contributed by atoms with Gasteiger partial charge in [0.05, 0.1) is 6.42 Å². The minimum atomic E-state index is 0.0480. The Balaban J connectivity index is 2.09. The second kappa shape index (κ2) is 5.36. The minimum Gasteiger partial charge on any atom is -0.399 e. The molecule has 0 unspecified atom stereocenters. The lowest BCUT2D eigenvalue weighted by Gasteiger charge is -2.17. The van der Waals surface area contributed by atoms with Crippen molar-refractivity contribution in [3.8, 4) is 0 Å². The molecule has 0 atom stereocenters. The SMILES string of the molecule is CN(C(=O)Cc1cccc(N)c1)c1ccccc1. The summed E-state index contributed by atoms with van der Waals surface area (Å²) in [5.41, 5.74) is 8.21. The van der Waals surface area contributed by atoms with Crippen LogP contribution in [0.1, 0.15) is 5.56 Å². The maximum atomic E-state index is 12.1. The smallest absolute Gasteiger partial charge is 0.231 e. The normalized spacial score (nSPS) is 10.1. The molecule has 3 heteroatoms. The zero-order valence-corrected chi connectivity index (χ0v) is 10.3. The fourth-order valence-corrected chi connectivity index (χ4v) is 1.79. The van der Waals surface area contributed by atoms with Crippen molar-refractivity contribution in [2.45, 2.75) is 6.42 Å². The lowest BCUT2D eigenvalue weighted by molar-refractivity contribution is -0.117. The van der Waals surface area contributed by atoms with Gasteiger partial charge in [-0.25, -0.2) is 0 Å². The van der Waals surface area contributed by atoms with E-state index < -0.39 is 0 Å². The van der Waals surface area contributed by atoms with Gasteiger partial charge in [0, 0.05) is 18.4 Å². The molecule has 0 saturated carbocycles. The van der Waals surface area contributed by atoms with E-state index in [-0.39, 0.29) is 5.91 Å². The highest BCUT2D eigenvalue weighted by molar-refractivity contribution is 5.94. The zero-order valence-electron chi connectivity index (χ0n) is 10.3. The summed E-state index contributed by atoms with van der Waals surface area (Å²) in [6.45, 7) is 0. The molecule has 2 aromatic carbocycles. The molecular formula is C15H16N2O. The second-order valence-corrected chi connectivity index (χ2v) is 4.21. The summed E-state index contributed by atoms with van der Waals surface area (Å²) in [5, 5.41) is 0. The average Bonchev–Trinajstić information content (AvgIpc) is 2.39. The van der Waals surface area contributed by atoms with E-state index in [0.29, 0.717) is 12.1 Å². The van der Waals surface area contributed by atoms with E-state index in [9.17, 15) is 4.79 Å². The molecule has 0 aliphatic heterocycles. The summed E-state index contributed by atoms with van der Waals surface area (Å²) in [7, 11) is 1.78. The van der Waals surface area contributed by atoms with Crippen molar-refractivity contribution >= 4 is 17.3 Å². The molecule has 0 aromatic heterocycles. The molecule has 0 heterocycles. The molecule has 0 fully saturated rings. The first-order chi connectivity index (χ1) is 8.66. The molecule has 2 rings (SSSR count). The summed E-state index contributed by atoms with van der Waals surface area (Å²) in [6, 6.07) is 17.0. The maximum absolute atomic E-state index is 12.1. The standard InChI is InChI=1S/C15H16N2O/c1-17(14-8-3-2-4-9-14)15(18)11-12-6-5-7-13(16)10-12/h2-10H,11,16H2,1H3. The molecule has 2 N–H and O–H groups in total. The van der Waals surface area contributed by atoms with E-state index >= 15 is 0 Å². The minimum absolute atomic E-state index is 0.0480. The molecule has 0 spiro atoms. The zero-order chi connectivity index (χ0) is 13.0. The molecule has 0 aliphatic rings. The number of nitrogens with zero attached hydrogens (tertiary/aromatic N) is 1. The van der Waals surface area contributed by atoms with E-state index in [2.05, 4.69) is 0 Å². The fourth-order valence-electron chi connectivity index (χ4n) is 1.79. The highest BCUT2D eigenvalue weighted by atomic mass is 16.2. The Morgan fingerprint density at radius 2 is 1.83 bits per heavy atom. The van der Waals surface area contributed by atoms with E-state index in [4.69, 9.17) is 5.73 Å². The van der Waals surface area contributed by atoms with Crippen LogP contribution in [0.15, 0.2) is 54.6 Å². The molecule has 3 nitrogen and oxygen atoms in total. The van der Waals surface area contributed by atoms with Gasteiger partial charge in [-0.15, -0.1) is 0 Å². The molecule has 2 aromatic rings. The Bertz CT molecular complexity index is 537. The van der Waals surface area contributed by atoms with Gasteiger partial charge in [0.25, 0.3) is 0 Å². The Kier molecular flexibility index (Phi) is 3.63. The molecular weight excluding hydrogens is 224 g/mol. The van der Waals surface area contributed by atoms with Crippen LogP contribution in [0.3, 0.4) is 0 Å². The topological polar surface area (TPSA) is 46.3 Å². The Hall–Kier alpha value is -2.29.